The molecule has 0 atom stereocenters. The third-order valence-electron chi connectivity index (χ3n) is 3.91. The fourth-order valence-corrected chi connectivity index (χ4v) is 2.96. The summed E-state index contributed by atoms with van der Waals surface area (Å²) in [7, 11) is -3.77. The summed E-state index contributed by atoms with van der Waals surface area (Å²) < 4.78 is 33.6. The number of primary sulfonamides is 1. The van der Waals surface area contributed by atoms with E-state index >= 15 is 0 Å². The first-order valence-electron chi connectivity index (χ1n) is 8.72. The molecule has 0 aliphatic carbocycles. The number of rotatable bonds is 8. The Morgan fingerprint density at radius 2 is 1.41 bits per heavy atom. The summed E-state index contributed by atoms with van der Waals surface area (Å²) in [5.41, 5.74) is 1.51. The average Bonchev–Trinajstić information content (AvgIpc) is 2.72. The summed E-state index contributed by atoms with van der Waals surface area (Å²) in [5, 5.41) is 7.65. The minimum atomic E-state index is -3.77. The molecule has 0 bridgehead atoms. The topological polar surface area (TPSA) is 108 Å². The number of benzene rings is 3. The van der Waals surface area contributed by atoms with Crippen LogP contribution in [0.3, 0.4) is 0 Å². The summed E-state index contributed by atoms with van der Waals surface area (Å²) in [6.07, 6.45) is 0. The van der Waals surface area contributed by atoms with Crippen LogP contribution in [-0.2, 0) is 21.4 Å². The third kappa shape index (κ3) is 6.34. The van der Waals surface area contributed by atoms with Crippen molar-refractivity contribution in [1.29, 1.82) is 0 Å². The van der Waals surface area contributed by atoms with Gasteiger partial charge in [-0.2, -0.15) is 0 Å². The number of amides is 1. The zero-order chi connectivity index (χ0) is 20.7. The molecule has 3 rings (SSSR count). The van der Waals surface area contributed by atoms with Gasteiger partial charge in [0.15, 0.2) is 6.61 Å². The molecule has 0 saturated heterocycles. The van der Waals surface area contributed by atoms with Crippen LogP contribution in [0.2, 0.25) is 0 Å². The Balaban J connectivity index is 1.46. The molecule has 0 spiro atoms. The van der Waals surface area contributed by atoms with E-state index in [1.54, 1.807) is 24.3 Å². The first-order chi connectivity index (χ1) is 13.9. The Hall–Kier alpha value is -3.36. The molecule has 0 aliphatic heterocycles. The minimum Gasteiger partial charge on any atom is -0.489 e. The van der Waals surface area contributed by atoms with E-state index in [1.165, 1.54) is 24.3 Å². The minimum absolute atomic E-state index is 0.0266. The van der Waals surface area contributed by atoms with Gasteiger partial charge in [-0.15, -0.1) is 0 Å². The maximum atomic E-state index is 12.0. The Labute approximate surface area is 169 Å². The number of sulfonamides is 1. The van der Waals surface area contributed by atoms with Gasteiger partial charge in [-0.1, -0.05) is 30.3 Å². The van der Waals surface area contributed by atoms with E-state index < -0.39 is 10.0 Å². The Morgan fingerprint density at radius 3 is 2.00 bits per heavy atom. The largest absolute Gasteiger partial charge is 0.489 e. The van der Waals surface area contributed by atoms with Gasteiger partial charge >= 0.3 is 0 Å². The SMILES string of the molecule is NS(=O)(=O)c1ccc(NC(=O)COc2ccc(OCc3ccccc3)cc2)cc1. The van der Waals surface area contributed by atoms with E-state index in [-0.39, 0.29) is 17.4 Å². The van der Waals surface area contributed by atoms with Crippen molar-refractivity contribution >= 4 is 21.6 Å². The fraction of sp³-hybridized carbons (Fsp3) is 0.0952. The van der Waals surface area contributed by atoms with E-state index in [1.807, 2.05) is 30.3 Å². The van der Waals surface area contributed by atoms with Gasteiger partial charge in [0.2, 0.25) is 10.0 Å². The highest BCUT2D eigenvalue weighted by Crippen LogP contribution is 2.19. The molecule has 0 unspecified atom stereocenters. The predicted molar refractivity (Wildman–Crippen MR) is 109 cm³/mol. The van der Waals surface area contributed by atoms with Gasteiger partial charge in [0.1, 0.15) is 18.1 Å². The Kier molecular flexibility index (Phi) is 6.48. The molecule has 0 radical (unpaired) electrons. The Bertz CT molecular complexity index is 1050. The first-order valence-corrected chi connectivity index (χ1v) is 10.3. The van der Waals surface area contributed by atoms with Gasteiger partial charge in [0.05, 0.1) is 4.90 Å². The molecule has 0 aromatic heterocycles. The fourth-order valence-electron chi connectivity index (χ4n) is 2.45. The van der Waals surface area contributed by atoms with Crippen LogP contribution >= 0.6 is 0 Å². The van der Waals surface area contributed by atoms with Crippen molar-refractivity contribution < 1.29 is 22.7 Å². The smallest absolute Gasteiger partial charge is 0.262 e. The summed E-state index contributed by atoms with van der Waals surface area (Å²) in [6, 6.07) is 22.3. The highest BCUT2D eigenvalue weighted by atomic mass is 32.2. The van der Waals surface area contributed by atoms with Gasteiger partial charge in [0.25, 0.3) is 5.91 Å². The lowest BCUT2D eigenvalue weighted by Crippen LogP contribution is -2.20. The van der Waals surface area contributed by atoms with E-state index in [4.69, 9.17) is 14.6 Å². The number of ether oxygens (including phenoxy) is 2. The van der Waals surface area contributed by atoms with Crippen molar-refractivity contribution in [3.63, 3.8) is 0 Å². The van der Waals surface area contributed by atoms with Crippen molar-refractivity contribution in [2.24, 2.45) is 5.14 Å². The molecule has 3 N–H and O–H groups in total. The molecule has 8 heteroatoms. The second-order valence-corrected chi connectivity index (χ2v) is 7.71. The number of carbonyl (C=O) groups is 1. The van der Waals surface area contributed by atoms with Gasteiger partial charge < -0.3 is 14.8 Å². The monoisotopic (exact) mass is 412 g/mol. The van der Waals surface area contributed by atoms with E-state index in [9.17, 15) is 13.2 Å². The standard InChI is InChI=1S/C21H20N2O5S/c22-29(25,26)20-12-6-17(7-13-20)23-21(24)15-28-19-10-8-18(9-11-19)27-14-16-4-2-1-3-5-16/h1-13H,14-15H2,(H,23,24)(H2,22,25,26). The maximum absolute atomic E-state index is 12.0. The van der Waals surface area contributed by atoms with Crippen LogP contribution in [0, 0.1) is 0 Å². The van der Waals surface area contributed by atoms with Crippen LogP contribution in [0.5, 0.6) is 11.5 Å². The van der Waals surface area contributed by atoms with Crippen molar-refractivity contribution in [2.45, 2.75) is 11.5 Å². The first kappa shape index (κ1) is 20.4. The number of hydrogen-bond donors (Lipinski definition) is 2. The molecule has 1 amide bonds. The predicted octanol–water partition coefficient (Wildman–Crippen LogP) is 2.93. The highest BCUT2D eigenvalue weighted by molar-refractivity contribution is 7.89. The second-order valence-electron chi connectivity index (χ2n) is 6.15. The summed E-state index contributed by atoms with van der Waals surface area (Å²) in [6.45, 7) is 0.273. The molecule has 3 aromatic carbocycles. The van der Waals surface area contributed by atoms with Crippen molar-refractivity contribution in [1.82, 2.24) is 0 Å². The molecule has 0 saturated carbocycles. The molecule has 3 aromatic rings. The number of carbonyl (C=O) groups excluding carboxylic acids is 1. The number of anilines is 1. The van der Waals surface area contributed by atoms with E-state index in [0.717, 1.165) is 5.56 Å². The zero-order valence-electron chi connectivity index (χ0n) is 15.4. The van der Waals surface area contributed by atoms with Crippen LogP contribution in [0.25, 0.3) is 0 Å². The average molecular weight is 412 g/mol. The van der Waals surface area contributed by atoms with Crippen LogP contribution in [-0.4, -0.2) is 20.9 Å². The normalized spacial score (nSPS) is 10.9. The second kappa shape index (κ2) is 9.22. The quantitative estimate of drug-likeness (QED) is 0.591. The highest BCUT2D eigenvalue weighted by Gasteiger charge is 2.08. The van der Waals surface area contributed by atoms with Gasteiger partial charge in [-0.25, -0.2) is 13.6 Å². The van der Waals surface area contributed by atoms with Crippen LogP contribution in [0.4, 0.5) is 5.69 Å². The summed E-state index contributed by atoms with van der Waals surface area (Å²) in [5.74, 6) is 0.843. The van der Waals surface area contributed by atoms with E-state index in [2.05, 4.69) is 5.32 Å². The van der Waals surface area contributed by atoms with E-state index in [0.29, 0.717) is 23.8 Å². The van der Waals surface area contributed by atoms with Crippen LogP contribution in [0.1, 0.15) is 5.56 Å². The van der Waals surface area contributed by atoms with Crippen LogP contribution < -0.4 is 19.9 Å². The van der Waals surface area contributed by atoms with Crippen molar-refractivity contribution in [2.75, 3.05) is 11.9 Å². The van der Waals surface area contributed by atoms with Gasteiger partial charge in [-0.05, 0) is 54.1 Å². The molecular formula is C21H20N2O5S. The third-order valence-corrected chi connectivity index (χ3v) is 4.84. The summed E-state index contributed by atoms with van der Waals surface area (Å²) in [4.78, 5) is 12.0. The molecule has 0 heterocycles. The molecule has 7 nitrogen and oxygen atoms in total. The lowest BCUT2D eigenvalue weighted by atomic mass is 10.2. The Morgan fingerprint density at radius 1 is 0.828 bits per heavy atom. The van der Waals surface area contributed by atoms with Crippen LogP contribution in [0.15, 0.2) is 83.8 Å². The molecule has 0 aliphatic rings. The lowest BCUT2D eigenvalue weighted by molar-refractivity contribution is -0.118. The van der Waals surface area contributed by atoms with Gasteiger partial charge in [0, 0.05) is 5.69 Å². The molecule has 29 heavy (non-hydrogen) atoms. The maximum Gasteiger partial charge on any atom is 0.262 e. The summed E-state index contributed by atoms with van der Waals surface area (Å²) >= 11 is 0. The number of nitrogens with one attached hydrogen (secondary N) is 1. The molecule has 150 valence electrons. The molecular weight excluding hydrogens is 392 g/mol. The lowest BCUT2D eigenvalue weighted by Gasteiger charge is -2.09. The number of hydrogen-bond acceptors (Lipinski definition) is 5. The zero-order valence-corrected chi connectivity index (χ0v) is 16.3. The van der Waals surface area contributed by atoms with Crippen molar-refractivity contribution in [3.05, 3.63) is 84.4 Å². The number of nitrogens with two attached hydrogens (primary N) is 1. The molecule has 0 fully saturated rings. The van der Waals surface area contributed by atoms with Gasteiger partial charge in [-0.3, -0.25) is 4.79 Å². The van der Waals surface area contributed by atoms with Crippen molar-refractivity contribution in [3.8, 4) is 11.5 Å².